The van der Waals surface area contributed by atoms with Crippen molar-refractivity contribution in [2.75, 3.05) is 29.9 Å². The van der Waals surface area contributed by atoms with Gasteiger partial charge in [-0.1, -0.05) is 11.6 Å². The van der Waals surface area contributed by atoms with Crippen molar-refractivity contribution in [3.8, 4) is 0 Å². The van der Waals surface area contributed by atoms with Gasteiger partial charge in [0, 0.05) is 34.7 Å². The normalized spacial score (nSPS) is 15.7. The van der Waals surface area contributed by atoms with Crippen LogP contribution in [0.1, 0.15) is 40.5 Å². The van der Waals surface area contributed by atoms with E-state index in [0.29, 0.717) is 52.7 Å². The highest BCUT2D eigenvalue weighted by Crippen LogP contribution is 2.29. The molecular weight excluding hydrogens is 458 g/mol. The van der Waals surface area contributed by atoms with Crippen molar-refractivity contribution < 1.29 is 24.2 Å². The first-order valence-corrected chi connectivity index (χ1v) is 11.4. The summed E-state index contributed by atoms with van der Waals surface area (Å²) in [6.45, 7) is 3.19. The maximum Gasteiger partial charge on any atom is 0.336 e. The van der Waals surface area contributed by atoms with Crippen molar-refractivity contribution in [1.82, 2.24) is 4.98 Å². The Balaban J connectivity index is 1.62. The van der Waals surface area contributed by atoms with E-state index in [1.807, 2.05) is 4.90 Å². The highest BCUT2D eigenvalue weighted by Gasteiger charge is 2.28. The lowest BCUT2D eigenvalue weighted by molar-refractivity contribution is -0.148. The predicted octanol–water partition coefficient (Wildman–Crippen LogP) is 4.62. The number of amides is 1. The van der Waals surface area contributed by atoms with Crippen LogP contribution in [0.3, 0.4) is 0 Å². The third kappa shape index (κ3) is 5.12. The van der Waals surface area contributed by atoms with Gasteiger partial charge in [-0.25, -0.2) is 9.78 Å². The Morgan fingerprint density at radius 1 is 1.18 bits per heavy atom. The molecule has 9 heteroatoms. The summed E-state index contributed by atoms with van der Waals surface area (Å²) >= 11 is 5.87. The summed E-state index contributed by atoms with van der Waals surface area (Å²) in [5.74, 6) is -1.46. The van der Waals surface area contributed by atoms with Crippen molar-refractivity contribution in [3.05, 3.63) is 64.7 Å². The number of benzene rings is 2. The van der Waals surface area contributed by atoms with Crippen molar-refractivity contribution in [2.45, 2.75) is 19.8 Å². The third-order valence-corrected chi connectivity index (χ3v) is 6.01. The number of rotatable bonds is 6. The second-order valence-corrected chi connectivity index (χ2v) is 8.50. The maximum absolute atomic E-state index is 12.5. The maximum atomic E-state index is 12.5. The largest absolute Gasteiger partial charge is 0.478 e. The van der Waals surface area contributed by atoms with Crippen LogP contribution in [0.15, 0.2) is 48.5 Å². The van der Waals surface area contributed by atoms with Gasteiger partial charge in [0.1, 0.15) is 5.82 Å². The highest BCUT2D eigenvalue weighted by molar-refractivity contribution is 6.30. The SMILES string of the molecule is CCOC(=O)[C@@H]1CCCN(c2cc(C(=O)O)c3cc(NC(=O)c4ccc(Cl)cc4)ccc3n2)C1. The van der Waals surface area contributed by atoms with Crippen molar-refractivity contribution in [1.29, 1.82) is 0 Å². The molecule has 1 atom stereocenters. The van der Waals surface area contributed by atoms with Gasteiger partial charge in [-0.2, -0.15) is 0 Å². The molecular formula is C25H24ClN3O5. The minimum Gasteiger partial charge on any atom is -0.478 e. The van der Waals surface area contributed by atoms with Crippen LogP contribution in [0.5, 0.6) is 0 Å². The quantitative estimate of drug-likeness (QED) is 0.494. The molecule has 0 radical (unpaired) electrons. The minimum atomic E-state index is -1.10. The van der Waals surface area contributed by atoms with Crippen LogP contribution in [0.4, 0.5) is 11.5 Å². The monoisotopic (exact) mass is 481 g/mol. The van der Waals surface area contributed by atoms with Crippen molar-refractivity contribution in [2.24, 2.45) is 5.92 Å². The number of piperidine rings is 1. The van der Waals surface area contributed by atoms with Gasteiger partial charge < -0.3 is 20.1 Å². The average molecular weight is 482 g/mol. The lowest BCUT2D eigenvalue weighted by Crippen LogP contribution is -2.40. The predicted molar refractivity (Wildman–Crippen MR) is 130 cm³/mol. The summed E-state index contributed by atoms with van der Waals surface area (Å²) in [6, 6.07) is 12.9. The first-order chi connectivity index (χ1) is 16.4. The number of halogens is 1. The molecule has 1 amide bonds. The zero-order valence-electron chi connectivity index (χ0n) is 18.6. The molecule has 0 spiro atoms. The van der Waals surface area contributed by atoms with Gasteiger partial charge in [0.2, 0.25) is 0 Å². The van der Waals surface area contributed by atoms with Gasteiger partial charge in [-0.15, -0.1) is 0 Å². The van der Waals surface area contributed by atoms with Crippen LogP contribution in [0, 0.1) is 5.92 Å². The molecule has 0 saturated carbocycles. The Morgan fingerprint density at radius 3 is 2.65 bits per heavy atom. The summed E-state index contributed by atoms with van der Waals surface area (Å²) in [6.07, 6.45) is 1.51. The number of nitrogens with zero attached hydrogens (tertiary/aromatic N) is 2. The number of carbonyl (C=O) groups excluding carboxylic acids is 2. The number of ether oxygens (including phenoxy) is 1. The van der Waals surface area contributed by atoms with Crippen molar-refractivity contribution >= 4 is 51.9 Å². The molecule has 3 aromatic rings. The number of carboxylic acids is 1. The fraction of sp³-hybridized carbons (Fsp3) is 0.280. The van der Waals surface area contributed by atoms with E-state index in [4.69, 9.17) is 16.3 Å². The fourth-order valence-corrected chi connectivity index (χ4v) is 4.20. The molecule has 2 aromatic carbocycles. The van der Waals surface area contributed by atoms with E-state index in [1.54, 1.807) is 49.4 Å². The molecule has 2 N–H and O–H groups in total. The summed E-state index contributed by atoms with van der Waals surface area (Å²) in [5.41, 5.74) is 1.43. The molecule has 4 rings (SSSR count). The van der Waals surface area contributed by atoms with E-state index in [0.717, 1.165) is 12.8 Å². The number of nitrogens with one attached hydrogen (secondary N) is 1. The molecule has 2 heterocycles. The lowest BCUT2D eigenvalue weighted by atomic mass is 9.98. The van der Waals surface area contributed by atoms with E-state index in [2.05, 4.69) is 10.3 Å². The first-order valence-electron chi connectivity index (χ1n) is 11.0. The fourth-order valence-electron chi connectivity index (χ4n) is 4.07. The number of aromatic carboxylic acids is 1. The topological polar surface area (TPSA) is 109 Å². The van der Waals surface area contributed by atoms with Crippen LogP contribution in [-0.4, -0.2) is 47.6 Å². The molecule has 0 bridgehead atoms. The number of hydrogen-bond acceptors (Lipinski definition) is 6. The molecule has 1 aliphatic rings. The Kier molecular flexibility index (Phi) is 6.98. The number of fused-ring (bicyclic) bond motifs is 1. The van der Waals surface area contributed by atoms with Gasteiger partial charge in [0.05, 0.1) is 23.6 Å². The van der Waals surface area contributed by atoms with Gasteiger partial charge in [0.15, 0.2) is 0 Å². The molecule has 1 fully saturated rings. The van der Waals surface area contributed by atoms with Gasteiger partial charge in [-0.05, 0) is 68.3 Å². The Hall–Kier alpha value is -3.65. The minimum absolute atomic E-state index is 0.0702. The smallest absolute Gasteiger partial charge is 0.336 e. The van der Waals surface area contributed by atoms with Gasteiger partial charge in [0.25, 0.3) is 5.91 Å². The second kappa shape index (κ2) is 10.1. The van der Waals surface area contributed by atoms with E-state index in [-0.39, 0.29) is 23.4 Å². The van der Waals surface area contributed by atoms with Crippen LogP contribution in [-0.2, 0) is 9.53 Å². The molecule has 1 aliphatic heterocycles. The third-order valence-electron chi connectivity index (χ3n) is 5.76. The summed E-state index contributed by atoms with van der Waals surface area (Å²) < 4.78 is 5.16. The summed E-state index contributed by atoms with van der Waals surface area (Å²) in [4.78, 5) is 43.4. The zero-order valence-corrected chi connectivity index (χ0v) is 19.3. The summed E-state index contributed by atoms with van der Waals surface area (Å²) in [5, 5.41) is 13.6. The Bertz CT molecular complexity index is 1250. The number of aromatic nitrogens is 1. The van der Waals surface area contributed by atoms with Crippen LogP contribution in [0.2, 0.25) is 5.02 Å². The number of pyridine rings is 1. The van der Waals surface area contributed by atoms with Crippen LogP contribution < -0.4 is 10.2 Å². The molecule has 8 nitrogen and oxygen atoms in total. The zero-order chi connectivity index (χ0) is 24.2. The molecule has 0 unspecified atom stereocenters. The van der Waals surface area contributed by atoms with Gasteiger partial charge in [-0.3, -0.25) is 9.59 Å². The van der Waals surface area contributed by atoms with Crippen LogP contribution >= 0.6 is 11.6 Å². The lowest BCUT2D eigenvalue weighted by Gasteiger charge is -2.32. The average Bonchev–Trinajstić information content (AvgIpc) is 2.84. The molecule has 176 valence electrons. The molecule has 1 aromatic heterocycles. The Morgan fingerprint density at radius 2 is 1.94 bits per heavy atom. The van der Waals surface area contributed by atoms with E-state index in [1.165, 1.54) is 6.07 Å². The van der Waals surface area contributed by atoms with E-state index >= 15 is 0 Å². The standard InChI is InChI=1S/C25H24ClN3O5/c1-2-34-25(33)16-4-3-11-29(14-16)22-13-20(24(31)32)19-12-18(9-10-21(19)28-22)27-23(30)15-5-7-17(26)8-6-15/h5-10,12-13,16H,2-4,11,14H2,1H3,(H,27,30)(H,31,32)/t16-/m1/s1. The molecule has 0 aliphatic carbocycles. The highest BCUT2D eigenvalue weighted by atomic mass is 35.5. The second-order valence-electron chi connectivity index (χ2n) is 8.06. The molecule has 34 heavy (non-hydrogen) atoms. The van der Waals surface area contributed by atoms with E-state index < -0.39 is 5.97 Å². The van der Waals surface area contributed by atoms with E-state index in [9.17, 15) is 19.5 Å². The summed E-state index contributed by atoms with van der Waals surface area (Å²) in [7, 11) is 0. The number of esters is 1. The number of anilines is 2. The first kappa shape index (κ1) is 23.5. The Labute approximate surface area is 201 Å². The van der Waals surface area contributed by atoms with Crippen LogP contribution in [0.25, 0.3) is 10.9 Å². The number of carbonyl (C=O) groups is 3. The number of hydrogen-bond donors (Lipinski definition) is 2. The number of carboxylic acid groups (broad SMARTS) is 1. The van der Waals surface area contributed by atoms with Gasteiger partial charge >= 0.3 is 11.9 Å². The van der Waals surface area contributed by atoms with Crippen molar-refractivity contribution in [3.63, 3.8) is 0 Å². The molecule has 1 saturated heterocycles.